The lowest BCUT2D eigenvalue weighted by molar-refractivity contribution is 0.264. The molecule has 0 fully saturated rings. The standard InChI is InChI=1S/C13H18BrCl/c1-13(2,3)11(9-15)7-10-5-4-6-12(14)8-10/h4-6,8,11H,7,9H2,1-3H3. The number of benzene rings is 1. The summed E-state index contributed by atoms with van der Waals surface area (Å²) in [4.78, 5) is 0. The zero-order valence-corrected chi connectivity index (χ0v) is 11.9. The van der Waals surface area contributed by atoms with E-state index < -0.39 is 0 Å². The third-order valence-electron chi connectivity index (χ3n) is 2.78. The number of hydrogen-bond donors (Lipinski definition) is 0. The van der Waals surface area contributed by atoms with E-state index in [0.29, 0.717) is 5.92 Å². The van der Waals surface area contributed by atoms with Crippen molar-refractivity contribution in [2.75, 3.05) is 5.88 Å². The fourth-order valence-corrected chi connectivity index (χ4v) is 2.56. The summed E-state index contributed by atoms with van der Waals surface area (Å²) in [6.45, 7) is 6.74. The van der Waals surface area contributed by atoms with Gasteiger partial charge in [-0.1, -0.05) is 48.8 Å². The summed E-state index contributed by atoms with van der Waals surface area (Å²) in [5.41, 5.74) is 1.62. The van der Waals surface area contributed by atoms with E-state index in [9.17, 15) is 0 Å². The smallest absolute Gasteiger partial charge is 0.0259 e. The molecule has 0 saturated carbocycles. The molecule has 1 unspecified atom stereocenters. The van der Waals surface area contributed by atoms with Crippen LogP contribution in [-0.2, 0) is 6.42 Å². The normalized spacial score (nSPS) is 13.9. The second-order valence-corrected chi connectivity index (χ2v) is 6.28. The highest BCUT2D eigenvalue weighted by Gasteiger charge is 2.23. The van der Waals surface area contributed by atoms with Crippen molar-refractivity contribution >= 4 is 27.5 Å². The molecule has 2 heteroatoms. The molecule has 0 heterocycles. The molecule has 84 valence electrons. The van der Waals surface area contributed by atoms with Gasteiger partial charge in [0.1, 0.15) is 0 Å². The molecule has 0 amide bonds. The highest BCUT2D eigenvalue weighted by atomic mass is 79.9. The van der Waals surface area contributed by atoms with E-state index in [4.69, 9.17) is 11.6 Å². The maximum Gasteiger partial charge on any atom is 0.0259 e. The van der Waals surface area contributed by atoms with E-state index in [2.05, 4.69) is 61.0 Å². The average molecular weight is 290 g/mol. The van der Waals surface area contributed by atoms with E-state index in [-0.39, 0.29) is 5.41 Å². The first-order valence-corrected chi connectivity index (χ1v) is 6.56. The minimum absolute atomic E-state index is 0.268. The average Bonchev–Trinajstić information content (AvgIpc) is 2.12. The van der Waals surface area contributed by atoms with Gasteiger partial charge in [-0.2, -0.15) is 0 Å². The summed E-state index contributed by atoms with van der Waals surface area (Å²) in [5.74, 6) is 1.24. The number of rotatable bonds is 3. The van der Waals surface area contributed by atoms with E-state index >= 15 is 0 Å². The summed E-state index contributed by atoms with van der Waals surface area (Å²) in [6.07, 6.45) is 1.05. The zero-order valence-electron chi connectivity index (χ0n) is 9.56. The van der Waals surface area contributed by atoms with Gasteiger partial charge in [0.05, 0.1) is 0 Å². The van der Waals surface area contributed by atoms with Crippen LogP contribution in [0.1, 0.15) is 26.3 Å². The Labute approximate surface area is 106 Å². The molecule has 0 bridgehead atoms. The van der Waals surface area contributed by atoms with Gasteiger partial charge in [-0.3, -0.25) is 0 Å². The van der Waals surface area contributed by atoms with Gasteiger partial charge in [-0.25, -0.2) is 0 Å². The summed E-state index contributed by atoms with van der Waals surface area (Å²) >= 11 is 9.52. The fourth-order valence-electron chi connectivity index (χ4n) is 1.54. The second-order valence-electron chi connectivity index (χ2n) is 5.05. The SMILES string of the molecule is CC(C)(C)C(CCl)Cc1cccc(Br)c1. The molecule has 0 aliphatic rings. The molecule has 0 spiro atoms. The Hall–Kier alpha value is -0.0100. The van der Waals surface area contributed by atoms with Crippen molar-refractivity contribution in [3.05, 3.63) is 34.3 Å². The predicted octanol–water partition coefficient (Wildman–Crippen LogP) is 4.89. The monoisotopic (exact) mass is 288 g/mol. The van der Waals surface area contributed by atoms with Crippen LogP contribution in [0.4, 0.5) is 0 Å². The Bertz CT molecular complexity index is 315. The van der Waals surface area contributed by atoms with Crippen molar-refractivity contribution in [3.63, 3.8) is 0 Å². The second kappa shape index (κ2) is 5.36. The van der Waals surface area contributed by atoms with Gasteiger partial charge < -0.3 is 0 Å². The molecular formula is C13H18BrCl. The van der Waals surface area contributed by atoms with E-state index in [0.717, 1.165) is 16.8 Å². The van der Waals surface area contributed by atoms with Gasteiger partial charge in [0.2, 0.25) is 0 Å². The maximum atomic E-state index is 6.03. The Balaban J connectivity index is 2.76. The Morgan fingerprint density at radius 2 is 2.00 bits per heavy atom. The van der Waals surface area contributed by atoms with Crippen LogP contribution in [0.15, 0.2) is 28.7 Å². The molecule has 15 heavy (non-hydrogen) atoms. The fraction of sp³-hybridized carbons (Fsp3) is 0.538. The van der Waals surface area contributed by atoms with Crippen LogP contribution >= 0.6 is 27.5 Å². The molecule has 0 aromatic heterocycles. The highest BCUT2D eigenvalue weighted by molar-refractivity contribution is 9.10. The number of halogens is 2. The molecule has 0 saturated heterocycles. The van der Waals surface area contributed by atoms with Crippen LogP contribution in [0, 0.1) is 11.3 Å². The van der Waals surface area contributed by atoms with Crippen LogP contribution in [-0.4, -0.2) is 5.88 Å². The van der Waals surface area contributed by atoms with Gasteiger partial charge in [0, 0.05) is 10.4 Å². The Morgan fingerprint density at radius 3 is 2.47 bits per heavy atom. The predicted molar refractivity (Wildman–Crippen MR) is 71.5 cm³/mol. The van der Waals surface area contributed by atoms with Gasteiger partial charge in [-0.15, -0.1) is 11.6 Å². The number of hydrogen-bond acceptors (Lipinski definition) is 0. The maximum absolute atomic E-state index is 6.03. The summed E-state index contributed by atoms with van der Waals surface area (Å²) in [7, 11) is 0. The summed E-state index contributed by atoms with van der Waals surface area (Å²) < 4.78 is 1.14. The van der Waals surface area contributed by atoms with Crippen molar-refractivity contribution in [3.8, 4) is 0 Å². The molecule has 0 aliphatic carbocycles. The van der Waals surface area contributed by atoms with Crippen LogP contribution < -0.4 is 0 Å². The molecular weight excluding hydrogens is 272 g/mol. The molecule has 1 atom stereocenters. The van der Waals surface area contributed by atoms with E-state index in [1.165, 1.54) is 5.56 Å². The molecule has 1 aromatic rings. The molecule has 1 aromatic carbocycles. The minimum Gasteiger partial charge on any atom is -0.126 e. The van der Waals surface area contributed by atoms with E-state index in [1.807, 2.05) is 0 Å². The lowest BCUT2D eigenvalue weighted by atomic mass is 9.78. The van der Waals surface area contributed by atoms with Crippen LogP contribution in [0.25, 0.3) is 0 Å². The van der Waals surface area contributed by atoms with E-state index in [1.54, 1.807) is 0 Å². The number of alkyl halides is 1. The highest BCUT2D eigenvalue weighted by Crippen LogP contribution is 2.30. The quantitative estimate of drug-likeness (QED) is 0.695. The first-order chi connectivity index (χ1) is 6.93. The minimum atomic E-state index is 0.268. The van der Waals surface area contributed by atoms with Crippen molar-refractivity contribution < 1.29 is 0 Å². The molecule has 0 radical (unpaired) electrons. The first-order valence-electron chi connectivity index (χ1n) is 5.24. The lowest BCUT2D eigenvalue weighted by Crippen LogP contribution is -2.24. The molecule has 0 N–H and O–H groups in total. The Kier molecular flexibility index (Phi) is 4.66. The third-order valence-corrected chi connectivity index (χ3v) is 3.65. The molecule has 1 rings (SSSR count). The van der Waals surface area contributed by atoms with Crippen molar-refractivity contribution in [2.24, 2.45) is 11.3 Å². The van der Waals surface area contributed by atoms with Crippen LogP contribution in [0.2, 0.25) is 0 Å². The van der Waals surface area contributed by atoms with Crippen molar-refractivity contribution in [1.82, 2.24) is 0 Å². The van der Waals surface area contributed by atoms with Gasteiger partial charge in [0.15, 0.2) is 0 Å². The molecule has 0 nitrogen and oxygen atoms in total. The van der Waals surface area contributed by atoms with Gasteiger partial charge >= 0.3 is 0 Å². The van der Waals surface area contributed by atoms with Gasteiger partial charge in [-0.05, 0) is 35.4 Å². The van der Waals surface area contributed by atoms with Crippen LogP contribution in [0.3, 0.4) is 0 Å². The third kappa shape index (κ3) is 4.16. The zero-order chi connectivity index (χ0) is 11.5. The van der Waals surface area contributed by atoms with Crippen LogP contribution in [0.5, 0.6) is 0 Å². The summed E-state index contributed by atoms with van der Waals surface area (Å²) in [5, 5.41) is 0. The largest absolute Gasteiger partial charge is 0.126 e. The van der Waals surface area contributed by atoms with Crippen molar-refractivity contribution in [1.29, 1.82) is 0 Å². The topological polar surface area (TPSA) is 0 Å². The molecule has 0 aliphatic heterocycles. The lowest BCUT2D eigenvalue weighted by Gasteiger charge is -2.29. The van der Waals surface area contributed by atoms with Gasteiger partial charge in [0.25, 0.3) is 0 Å². The first kappa shape index (κ1) is 13.1. The Morgan fingerprint density at radius 1 is 1.33 bits per heavy atom. The summed E-state index contributed by atoms with van der Waals surface area (Å²) in [6, 6.07) is 8.46. The van der Waals surface area contributed by atoms with Crippen molar-refractivity contribution in [2.45, 2.75) is 27.2 Å².